The van der Waals surface area contributed by atoms with Crippen LogP contribution in [0.4, 0.5) is 10.5 Å². The van der Waals surface area contributed by atoms with E-state index in [1.54, 1.807) is 4.90 Å². The average Bonchev–Trinajstić information content (AvgIpc) is 3.26. The number of nitrogens with two attached hydrogens (primary N) is 1. The quantitative estimate of drug-likeness (QED) is 0.600. The summed E-state index contributed by atoms with van der Waals surface area (Å²) in [7, 11) is 0. The van der Waals surface area contributed by atoms with Crippen molar-refractivity contribution in [2.45, 2.75) is 12.5 Å². The molecule has 30 heavy (non-hydrogen) atoms. The van der Waals surface area contributed by atoms with E-state index < -0.39 is 12.1 Å². The van der Waals surface area contributed by atoms with Crippen molar-refractivity contribution in [2.24, 2.45) is 5.73 Å². The molecule has 1 aromatic heterocycles. The molecule has 4 amide bonds. The van der Waals surface area contributed by atoms with Crippen LogP contribution in [0.25, 0.3) is 0 Å². The van der Waals surface area contributed by atoms with Crippen molar-refractivity contribution in [1.29, 1.82) is 0 Å². The number of hydrogen-bond donors (Lipinski definition) is 3. The number of rotatable bonds is 7. The molecule has 0 radical (unpaired) electrons. The molecule has 160 valence electrons. The van der Waals surface area contributed by atoms with Crippen molar-refractivity contribution < 1.29 is 14.4 Å². The summed E-state index contributed by atoms with van der Waals surface area (Å²) < 4.78 is 0. The summed E-state index contributed by atoms with van der Waals surface area (Å²) in [5.41, 5.74) is 6.24. The van der Waals surface area contributed by atoms with Crippen LogP contribution in [-0.4, -0.2) is 55.5 Å². The fourth-order valence-corrected chi connectivity index (χ4v) is 4.28. The monoisotopic (exact) mass is 449 g/mol. The Bertz CT molecular complexity index is 884. The van der Waals surface area contributed by atoms with E-state index in [0.29, 0.717) is 31.2 Å². The van der Waals surface area contributed by atoms with Crippen molar-refractivity contribution in [2.75, 3.05) is 37.6 Å². The lowest BCUT2D eigenvalue weighted by molar-refractivity contribution is -0.133. The molecule has 1 atom stereocenters. The maximum absolute atomic E-state index is 12.5. The normalized spacial score (nSPS) is 14.8. The second kappa shape index (κ2) is 10.3. The van der Waals surface area contributed by atoms with Crippen LogP contribution in [0, 0.1) is 0 Å². The first-order chi connectivity index (χ1) is 14.4. The van der Waals surface area contributed by atoms with Crippen LogP contribution >= 0.6 is 22.9 Å². The first-order valence-electron chi connectivity index (χ1n) is 9.56. The predicted octanol–water partition coefficient (Wildman–Crippen LogP) is 1.97. The standard InChI is InChI=1S/C20H24ClN5O3S/c21-14-3-1-4-15(11-14)25-6-8-26(9-7-25)19(28)13-23-18(27)12-16(24-20(22)29)17-5-2-10-30-17/h1-5,10-11,16H,6-9,12-13H2,(H,23,27)(H3,22,24,29). The maximum atomic E-state index is 12.5. The summed E-state index contributed by atoms with van der Waals surface area (Å²) >= 11 is 7.47. The second-order valence-electron chi connectivity index (χ2n) is 6.91. The predicted molar refractivity (Wildman–Crippen MR) is 118 cm³/mol. The lowest BCUT2D eigenvalue weighted by atomic mass is 10.1. The Hall–Kier alpha value is -2.78. The zero-order valence-corrected chi connectivity index (χ0v) is 17.9. The van der Waals surface area contributed by atoms with Gasteiger partial charge in [0, 0.05) is 41.8 Å². The van der Waals surface area contributed by atoms with E-state index in [1.807, 2.05) is 41.8 Å². The molecule has 10 heteroatoms. The number of primary amides is 1. The van der Waals surface area contributed by atoms with Gasteiger partial charge in [-0.15, -0.1) is 11.3 Å². The second-order valence-corrected chi connectivity index (χ2v) is 8.32. The van der Waals surface area contributed by atoms with Crippen LogP contribution in [0.1, 0.15) is 17.3 Å². The summed E-state index contributed by atoms with van der Waals surface area (Å²) in [4.78, 5) is 40.7. The molecule has 1 aliphatic heterocycles. The highest BCUT2D eigenvalue weighted by molar-refractivity contribution is 7.10. The Morgan fingerprint density at radius 3 is 2.53 bits per heavy atom. The molecule has 0 aliphatic carbocycles. The van der Waals surface area contributed by atoms with Crippen LogP contribution in [0.3, 0.4) is 0 Å². The number of carbonyl (C=O) groups is 3. The molecule has 3 rings (SSSR count). The van der Waals surface area contributed by atoms with E-state index >= 15 is 0 Å². The number of benzene rings is 1. The summed E-state index contributed by atoms with van der Waals surface area (Å²) in [6.45, 7) is 2.46. The number of nitrogens with zero attached hydrogens (tertiary/aromatic N) is 2. The number of nitrogens with one attached hydrogen (secondary N) is 2. The van der Waals surface area contributed by atoms with Gasteiger partial charge in [0.25, 0.3) is 0 Å². The van der Waals surface area contributed by atoms with E-state index in [0.717, 1.165) is 10.6 Å². The summed E-state index contributed by atoms with van der Waals surface area (Å²) in [6.07, 6.45) is 0.0132. The van der Waals surface area contributed by atoms with Gasteiger partial charge in [0.1, 0.15) is 0 Å². The third-order valence-corrected chi connectivity index (χ3v) is 6.06. The van der Waals surface area contributed by atoms with Gasteiger partial charge in [-0.05, 0) is 29.6 Å². The lowest BCUT2D eigenvalue weighted by Crippen LogP contribution is -2.51. The summed E-state index contributed by atoms with van der Waals surface area (Å²) in [6, 6.07) is 10.1. The molecule has 1 saturated heterocycles. The largest absolute Gasteiger partial charge is 0.368 e. The highest BCUT2D eigenvalue weighted by Gasteiger charge is 2.23. The third-order valence-electron chi connectivity index (χ3n) is 4.84. The molecule has 2 heterocycles. The molecule has 0 bridgehead atoms. The van der Waals surface area contributed by atoms with Crippen LogP contribution in [-0.2, 0) is 9.59 Å². The number of carbonyl (C=O) groups excluding carboxylic acids is 3. The number of piperazine rings is 1. The average molecular weight is 450 g/mol. The van der Waals surface area contributed by atoms with Gasteiger partial charge in [-0.2, -0.15) is 0 Å². The number of halogens is 1. The number of amides is 4. The van der Waals surface area contributed by atoms with Gasteiger partial charge in [-0.3, -0.25) is 9.59 Å². The van der Waals surface area contributed by atoms with Gasteiger partial charge in [0.2, 0.25) is 11.8 Å². The first kappa shape index (κ1) is 21.9. The van der Waals surface area contributed by atoms with Crippen LogP contribution < -0.4 is 21.3 Å². The van der Waals surface area contributed by atoms with Crippen molar-refractivity contribution in [3.8, 4) is 0 Å². The molecule has 1 fully saturated rings. The first-order valence-corrected chi connectivity index (χ1v) is 10.8. The molecule has 0 spiro atoms. The minimum absolute atomic E-state index is 0.0132. The number of hydrogen-bond acceptors (Lipinski definition) is 5. The fraction of sp³-hybridized carbons (Fsp3) is 0.350. The minimum atomic E-state index is -0.699. The van der Waals surface area contributed by atoms with Crippen LogP contribution in [0.2, 0.25) is 5.02 Å². The molecular weight excluding hydrogens is 426 g/mol. The van der Waals surface area contributed by atoms with E-state index in [9.17, 15) is 14.4 Å². The van der Waals surface area contributed by atoms with Gasteiger partial charge in [-0.1, -0.05) is 23.7 Å². The summed E-state index contributed by atoms with van der Waals surface area (Å²) in [5.74, 6) is -0.460. The van der Waals surface area contributed by atoms with Gasteiger partial charge in [0.05, 0.1) is 19.0 Å². The zero-order valence-electron chi connectivity index (χ0n) is 16.3. The smallest absolute Gasteiger partial charge is 0.312 e. The van der Waals surface area contributed by atoms with Gasteiger partial charge >= 0.3 is 6.03 Å². The molecule has 4 N–H and O–H groups in total. The highest BCUT2D eigenvalue weighted by atomic mass is 35.5. The van der Waals surface area contributed by atoms with Crippen molar-refractivity contribution in [3.05, 3.63) is 51.7 Å². The number of anilines is 1. The Labute approximate surface area is 184 Å². The van der Waals surface area contributed by atoms with E-state index in [4.69, 9.17) is 17.3 Å². The Kier molecular flexibility index (Phi) is 7.53. The molecule has 1 aliphatic rings. The van der Waals surface area contributed by atoms with Crippen molar-refractivity contribution in [3.63, 3.8) is 0 Å². The van der Waals surface area contributed by atoms with E-state index in [2.05, 4.69) is 15.5 Å². The van der Waals surface area contributed by atoms with Gasteiger partial charge in [-0.25, -0.2) is 4.79 Å². The molecule has 2 aromatic rings. The van der Waals surface area contributed by atoms with Gasteiger partial charge in [0.15, 0.2) is 0 Å². The van der Waals surface area contributed by atoms with E-state index in [-0.39, 0.29) is 24.8 Å². The van der Waals surface area contributed by atoms with Crippen LogP contribution in [0.15, 0.2) is 41.8 Å². The topological polar surface area (TPSA) is 108 Å². The highest BCUT2D eigenvalue weighted by Crippen LogP contribution is 2.22. The molecule has 8 nitrogen and oxygen atoms in total. The molecular formula is C20H24ClN5O3S. The molecule has 1 aromatic carbocycles. The van der Waals surface area contributed by atoms with Crippen molar-refractivity contribution in [1.82, 2.24) is 15.5 Å². The minimum Gasteiger partial charge on any atom is -0.368 e. The molecule has 1 unspecified atom stereocenters. The Morgan fingerprint density at radius 1 is 1.13 bits per heavy atom. The fourth-order valence-electron chi connectivity index (χ4n) is 3.31. The lowest BCUT2D eigenvalue weighted by Gasteiger charge is -2.36. The van der Waals surface area contributed by atoms with Crippen molar-refractivity contribution >= 4 is 46.5 Å². The Balaban J connectivity index is 1.45. The van der Waals surface area contributed by atoms with E-state index in [1.165, 1.54) is 11.3 Å². The summed E-state index contributed by atoms with van der Waals surface area (Å²) in [5, 5.41) is 7.75. The van der Waals surface area contributed by atoms with Crippen LogP contribution in [0.5, 0.6) is 0 Å². The number of urea groups is 1. The Morgan fingerprint density at radius 2 is 1.90 bits per heavy atom. The molecule has 0 saturated carbocycles. The number of thiophene rings is 1. The zero-order chi connectivity index (χ0) is 21.5. The SMILES string of the molecule is NC(=O)NC(CC(=O)NCC(=O)N1CCN(c2cccc(Cl)c2)CC1)c1cccs1. The van der Waals surface area contributed by atoms with Gasteiger partial charge < -0.3 is 26.2 Å². The third kappa shape index (κ3) is 6.11. The maximum Gasteiger partial charge on any atom is 0.312 e.